The molecular formula is C8H12N2O. The van der Waals surface area contributed by atoms with Crippen LogP contribution in [-0.4, -0.2) is 23.9 Å². The number of hydrogen-bond donors (Lipinski definition) is 0. The summed E-state index contributed by atoms with van der Waals surface area (Å²) in [4.78, 5) is 12.0. The van der Waals surface area contributed by atoms with E-state index >= 15 is 0 Å². The maximum atomic E-state index is 10.4. The molecule has 2 unspecified atom stereocenters. The summed E-state index contributed by atoms with van der Waals surface area (Å²) in [6, 6.07) is 2.29. The summed E-state index contributed by atoms with van der Waals surface area (Å²) in [6.07, 6.45) is 0.772. The van der Waals surface area contributed by atoms with Crippen LogP contribution in [0.5, 0.6) is 0 Å². The molecule has 1 saturated carbocycles. The molecule has 3 atom stereocenters. The van der Waals surface area contributed by atoms with Crippen molar-refractivity contribution in [3.63, 3.8) is 0 Å². The van der Waals surface area contributed by atoms with Gasteiger partial charge in [-0.05, 0) is 11.8 Å². The van der Waals surface area contributed by atoms with Gasteiger partial charge in [-0.1, -0.05) is 13.8 Å². The Kier molecular flexibility index (Phi) is 2.13. The van der Waals surface area contributed by atoms with Crippen molar-refractivity contribution >= 4 is 6.41 Å². The molecule has 3 nitrogen and oxygen atoms in total. The molecule has 1 rings (SSSR count). The molecule has 0 aromatic rings. The van der Waals surface area contributed by atoms with Gasteiger partial charge in [-0.15, -0.1) is 0 Å². The van der Waals surface area contributed by atoms with E-state index in [9.17, 15) is 4.79 Å². The maximum Gasteiger partial charge on any atom is 0.210 e. The van der Waals surface area contributed by atoms with Crippen molar-refractivity contribution in [2.45, 2.75) is 19.9 Å². The van der Waals surface area contributed by atoms with Gasteiger partial charge in [0.25, 0.3) is 0 Å². The lowest BCUT2D eigenvalue weighted by molar-refractivity contribution is -0.118. The van der Waals surface area contributed by atoms with Gasteiger partial charge in [0, 0.05) is 6.04 Å². The van der Waals surface area contributed by atoms with Gasteiger partial charge >= 0.3 is 0 Å². The zero-order valence-corrected chi connectivity index (χ0v) is 6.82. The van der Waals surface area contributed by atoms with Crippen molar-refractivity contribution in [3.05, 3.63) is 0 Å². The molecule has 60 valence electrons. The minimum Gasteiger partial charge on any atom is -0.328 e. The highest BCUT2D eigenvalue weighted by Crippen LogP contribution is 2.41. The fourth-order valence-corrected chi connectivity index (χ4v) is 1.54. The number of carbonyl (C=O) groups excluding carboxylic acids is 1. The zero-order valence-electron chi connectivity index (χ0n) is 6.82. The Labute approximate surface area is 66.6 Å². The van der Waals surface area contributed by atoms with Crippen LogP contribution < -0.4 is 0 Å². The Balaban J connectivity index is 2.46. The molecule has 1 amide bonds. The normalized spacial score (nSPS) is 34.1. The van der Waals surface area contributed by atoms with Crippen LogP contribution in [0.2, 0.25) is 0 Å². The van der Waals surface area contributed by atoms with Gasteiger partial charge in [-0.25, -0.2) is 0 Å². The molecule has 1 fully saturated rings. The summed E-state index contributed by atoms with van der Waals surface area (Å²) >= 11 is 0. The van der Waals surface area contributed by atoms with Crippen molar-refractivity contribution in [2.75, 3.05) is 6.54 Å². The number of nitrogens with zero attached hydrogens (tertiary/aromatic N) is 2. The third-order valence-electron chi connectivity index (χ3n) is 2.54. The predicted octanol–water partition coefficient (Wildman–Crippen LogP) is 0.623. The number of nitriles is 1. The highest BCUT2D eigenvalue weighted by molar-refractivity contribution is 5.49. The van der Waals surface area contributed by atoms with Gasteiger partial charge in [0.05, 0.1) is 6.07 Å². The number of rotatable bonds is 3. The van der Waals surface area contributed by atoms with E-state index in [1.165, 1.54) is 0 Å². The van der Waals surface area contributed by atoms with E-state index < -0.39 is 0 Å². The maximum absolute atomic E-state index is 10.4. The topological polar surface area (TPSA) is 44.1 Å². The van der Waals surface area contributed by atoms with Crippen LogP contribution in [0.1, 0.15) is 13.8 Å². The molecule has 1 aliphatic carbocycles. The molecule has 0 saturated heterocycles. The Morgan fingerprint density at radius 2 is 2.09 bits per heavy atom. The van der Waals surface area contributed by atoms with E-state index in [1.807, 2.05) is 6.07 Å². The molecule has 0 spiro atoms. The molecule has 11 heavy (non-hydrogen) atoms. The van der Waals surface area contributed by atoms with E-state index in [1.54, 1.807) is 4.90 Å². The molecule has 0 aliphatic heterocycles. The van der Waals surface area contributed by atoms with E-state index in [2.05, 4.69) is 13.8 Å². The van der Waals surface area contributed by atoms with Crippen molar-refractivity contribution < 1.29 is 4.79 Å². The van der Waals surface area contributed by atoms with E-state index in [-0.39, 0.29) is 6.54 Å². The van der Waals surface area contributed by atoms with Crippen molar-refractivity contribution in [3.8, 4) is 6.07 Å². The van der Waals surface area contributed by atoms with Gasteiger partial charge in [0.15, 0.2) is 0 Å². The SMILES string of the molecule is CC1C(N(C=O)CC#N)[C@H]1C. The smallest absolute Gasteiger partial charge is 0.210 e. The van der Waals surface area contributed by atoms with Gasteiger partial charge < -0.3 is 4.90 Å². The second-order valence-corrected chi connectivity index (χ2v) is 3.14. The highest BCUT2D eigenvalue weighted by Gasteiger charge is 2.46. The lowest BCUT2D eigenvalue weighted by Gasteiger charge is -2.11. The van der Waals surface area contributed by atoms with Gasteiger partial charge in [0.2, 0.25) is 6.41 Å². The van der Waals surface area contributed by atoms with Crippen molar-refractivity contribution in [2.24, 2.45) is 11.8 Å². The Bertz CT molecular complexity index is 189. The van der Waals surface area contributed by atoms with Crippen molar-refractivity contribution in [1.82, 2.24) is 4.90 Å². The minimum absolute atomic E-state index is 0.225. The summed E-state index contributed by atoms with van der Waals surface area (Å²) in [5, 5.41) is 8.37. The second-order valence-electron chi connectivity index (χ2n) is 3.14. The monoisotopic (exact) mass is 152 g/mol. The summed E-state index contributed by atoms with van der Waals surface area (Å²) in [5.74, 6) is 1.13. The first-order chi connectivity index (χ1) is 5.22. The fourth-order valence-electron chi connectivity index (χ4n) is 1.54. The molecular weight excluding hydrogens is 140 g/mol. The van der Waals surface area contributed by atoms with Crippen molar-refractivity contribution in [1.29, 1.82) is 5.26 Å². The lowest BCUT2D eigenvalue weighted by Crippen LogP contribution is -2.26. The molecule has 0 aromatic heterocycles. The molecule has 0 radical (unpaired) electrons. The zero-order chi connectivity index (χ0) is 8.43. The number of carbonyl (C=O) groups is 1. The van der Waals surface area contributed by atoms with Crippen LogP contribution in [0.15, 0.2) is 0 Å². The number of amides is 1. The fraction of sp³-hybridized carbons (Fsp3) is 0.750. The standard InChI is InChI=1S/C8H12N2O/c1-6-7(2)8(6)10(5-11)4-3-9/h5-8H,4H2,1-2H3/t6-,7?,8?/m0/s1. The van der Waals surface area contributed by atoms with Crippen LogP contribution in [0.3, 0.4) is 0 Å². The van der Waals surface area contributed by atoms with E-state index in [0.717, 1.165) is 6.41 Å². The third kappa shape index (κ3) is 1.35. The predicted molar refractivity (Wildman–Crippen MR) is 40.5 cm³/mol. The summed E-state index contributed by atoms with van der Waals surface area (Å²) in [7, 11) is 0. The van der Waals surface area contributed by atoms with E-state index in [0.29, 0.717) is 17.9 Å². The molecule has 0 heterocycles. The quantitative estimate of drug-likeness (QED) is 0.439. The Morgan fingerprint density at radius 3 is 2.36 bits per heavy atom. The first-order valence-corrected chi connectivity index (χ1v) is 3.80. The number of hydrogen-bond acceptors (Lipinski definition) is 2. The highest BCUT2D eigenvalue weighted by atomic mass is 16.1. The first-order valence-electron chi connectivity index (χ1n) is 3.80. The van der Waals surface area contributed by atoms with Gasteiger partial charge in [-0.3, -0.25) is 4.79 Å². The first kappa shape index (κ1) is 8.06. The van der Waals surface area contributed by atoms with Crippen LogP contribution in [-0.2, 0) is 4.79 Å². The average molecular weight is 152 g/mol. The third-order valence-corrected chi connectivity index (χ3v) is 2.54. The Hall–Kier alpha value is -1.04. The van der Waals surface area contributed by atoms with Gasteiger partial charge in [-0.2, -0.15) is 5.26 Å². The van der Waals surface area contributed by atoms with Crippen LogP contribution in [0.25, 0.3) is 0 Å². The van der Waals surface area contributed by atoms with Crippen LogP contribution >= 0.6 is 0 Å². The molecule has 0 bridgehead atoms. The van der Waals surface area contributed by atoms with Crippen LogP contribution in [0, 0.1) is 23.2 Å². The largest absolute Gasteiger partial charge is 0.328 e. The second kappa shape index (κ2) is 2.91. The Morgan fingerprint density at radius 1 is 1.55 bits per heavy atom. The summed E-state index contributed by atoms with van der Waals surface area (Å²) < 4.78 is 0. The van der Waals surface area contributed by atoms with Gasteiger partial charge in [0.1, 0.15) is 6.54 Å². The lowest BCUT2D eigenvalue weighted by atomic mass is 10.4. The van der Waals surface area contributed by atoms with Crippen LogP contribution in [0.4, 0.5) is 0 Å². The van der Waals surface area contributed by atoms with E-state index in [4.69, 9.17) is 5.26 Å². The average Bonchev–Trinajstić information content (AvgIpc) is 2.56. The molecule has 3 heteroatoms. The minimum atomic E-state index is 0.225. The molecule has 0 N–H and O–H groups in total. The summed E-state index contributed by atoms with van der Waals surface area (Å²) in [6.45, 7) is 4.43. The molecule has 0 aromatic carbocycles. The molecule has 1 aliphatic rings. The summed E-state index contributed by atoms with van der Waals surface area (Å²) in [5.41, 5.74) is 0.